The van der Waals surface area contributed by atoms with Crippen LogP contribution in [0.3, 0.4) is 0 Å². The molecule has 2 saturated carbocycles. The predicted molar refractivity (Wildman–Crippen MR) is 254 cm³/mol. The molecule has 19 heteroatoms. The van der Waals surface area contributed by atoms with Gasteiger partial charge >= 0.3 is 6.61 Å². The summed E-state index contributed by atoms with van der Waals surface area (Å²) in [7, 11) is -4.77. The largest absolute Gasteiger partial charge is 0.451 e. The fourth-order valence-corrected chi connectivity index (χ4v) is 12.0. The molecule has 15 nitrogen and oxygen atoms in total. The van der Waals surface area contributed by atoms with Gasteiger partial charge in [-0.1, -0.05) is 44.5 Å². The number of sulfonamides is 1. The second-order valence-corrected chi connectivity index (χ2v) is 21.6. The number of aromatic amines is 1. The van der Waals surface area contributed by atoms with Crippen molar-refractivity contribution < 1.29 is 45.9 Å². The van der Waals surface area contributed by atoms with E-state index in [2.05, 4.69) is 67.9 Å². The van der Waals surface area contributed by atoms with Crippen LogP contribution in [0.4, 0.5) is 30.2 Å². The summed E-state index contributed by atoms with van der Waals surface area (Å²) in [5, 5.41) is 25.4. The average Bonchev–Trinajstić information content (AvgIpc) is 3.93. The first-order chi connectivity index (χ1) is 32.9. The molecule has 1 amide bonds. The number of nitro benzene ring substituents is 1. The van der Waals surface area contributed by atoms with Crippen LogP contribution in [0.5, 0.6) is 17.4 Å². The van der Waals surface area contributed by atoms with Gasteiger partial charge in [0.1, 0.15) is 22.9 Å². The number of pyridine rings is 1. The number of hydrogen-bond acceptors (Lipinski definition) is 12. The Hall–Kier alpha value is -5.92. The van der Waals surface area contributed by atoms with E-state index in [1.54, 1.807) is 13.0 Å². The van der Waals surface area contributed by atoms with Crippen molar-refractivity contribution in [2.24, 2.45) is 11.3 Å². The van der Waals surface area contributed by atoms with Crippen LogP contribution in [0.1, 0.15) is 112 Å². The Morgan fingerprint density at radius 1 is 1.00 bits per heavy atom. The van der Waals surface area contributed by atoms with Gasteiger partial charge < -0.3 is 29.8 Å². The fourth-order valence-electron chi connectivity index (χ4n) is 11.0. The molecule has 2 saturated heterocycles. The molecular formula is C50H58F3N7O8S. The van der Waals surface area contributed by atoms with Crippen molar-refractivity contribution in [2.45, 2.75) is 114 Å². The monoisotopic (exact) mass is 973 g/mol. The molecule has 3 aromatic carbocycles. The number of aliphatic hydroxyl groups is 1. The molecule has 1 spiro atoms. The van der Waals surface area contributed by atoms with Gasteiger partial charge in [-0.3, -0.25) is 19.8 Å². The molecule has 69 heavy (non-hydrogen) atoms. The van der Waals surface area contributed by atoms with Gasteiger partial charge in [-0.05, 0) is 117 Å². The maximum atomic E-state index is 14.8. The van der Waals surface area contributed by atoms with Gasteiger partial charge in [0.15, 0.2) is 5.75 Å². The van der Waals surface area contributed by atoms with Gasteiger partial charge in [-0.15, -0.1) is 0 Å². The number of halogens is 3. The van der Waals surface area contributed by atoms with Crippen molar-refractivity contribution in [3.05, 3.63) is 106 Å². The van der Waals surface area contributed by atoms with Gasteiger partial charge in [0.25, 0.3) is 27.5 Å². The van der Waals surface area contributed by atoms with Gasteiger partial charge in [0.2, 0.25) is 0 Å². The second kappa shape index (κ2) is 19.1. The van der Waals surface area contributed by atoms with E-state index in [1.165, 1.54) is 48.6 Å². The van der Waals surface area contributed by atoms with Crippen LogP contribution in [-0.4, -0.2) is 90.2 Å². The van der Waals surface area contributed by atoms with Crippen molar-refractivity contribution in [2.75, 3.05) is 42.9 Å². The number of alkyl halides is 2. The summed E-state index contributed by atoms with van der Waals surface area (Å²) in [5.41, 5.74) is 1.99. The molecule has 0 bridgehead atoms. The molecular weight excluding hydrogens is 916 g/mol. The zero-order valence-electron chi connectivity index (χ0n) is 38.9. The minimum absolute atomic E-state index is 0.0872. The maximum absolute atomic E-state index is 14.8. The Bertz CT molecular complexity index is 2830. The standard InChI is InChI=1S/C50H58F3N7O8S/c1-30(2)34-7-4-5-8-35(34)36-9-6-10-41(36)59-28-50(29-59)19-21-58(22-20-50)32-11-13-37(43(23-32)67-44-25-38-39(51)27-55-45(38)56-47(44)68-48(52)53)46(61)57-69(65,66)33-12-14-40(42(24-33)60(63)64)54-26-31-15-17-49(3,62)18-16-31/h4-5,7-8,11-14,23-25,27,30-31,36,41,48,54,62H,6,9-10,15-22,26,28-29H2,1-3H3,(H,55,56)(H,57,61)/t31-,36-,41-,49-/m1/s1. The molecule has 4 N–H and O–H groups in total. The first-order valence-electron chi connectivity index (χ1n) is 23.7. The smallest absolute Gasteiger partial charge is 0.388 e. The Labute approximate surface area is 399 Å². The molecule has 2 atom stereocenters. The van der Waals surface area contributed by atoms with Crippen molar-refractivity contribution in [1.29, 1.82) is 0 Å². The average molecular weight is 974 g/mol. The third kappa shape index (κ3) is 10.2. The molecule has 4 fully saturated rings. The number of amides is 1. The van der Waals surface area contributed by atoms with E-state index < -0.39 is 61.1 Å². The normalized spacial score (nSPS) is 22.8. The van der Waals surface area contributed by atoms with E-state index in [4.69, 9.17) is 4.74 Å². The first kappa shape index (κ1) is 48.1. The number of piperidine rings is 1. The predicted octanol–water partition coefficient (Wildman–Crippen LogP) is 9.84. The summed E-state index contributed by atoms with van der Waals surface area (Å²) in [4.78, 5) is 36.3. The van der Waals surface area contributed by atoms with Gasteiger partial charge in [-0.2, -0.15) is 13.8 Å². The minimum atomic E-state index is -4.77. The number of ether oxygens (including phenoxy) is 2. The highest BCUT2D eigenvalue weighted by Gasteiger charge is 2.49. The molecule has 2 aliphatic heterocycles. The number of carbonyl (C=O) groups is 1. The lowest BCUT2D eigenvalue weighted by molar-refractivity contribution is -0.384. The van der Waals surface area contributed by atoms with E-state index in [-0.39, 0.29) is 39.4 Å². The zero-order valence-corrected chi connectivity index (χ0v) is 39.7. The topological polar surface area (TPSA) is 192 Å². The number of nitro groups is 1. The lowest BCUT2D eigenvalue weighted by Crippen LogP contribution is -2.63. The molecule has 0 unspecified atom stereocenters. The van der Waals surface area contributed by atoms with Crippen molar-refractivity contribution >= 4 is 44.0 Å². The van der Waals surface area contributed by atoms with E-state index in [0.29, 0.717) is 68.9 Å². The molecule has 4 heterocycles. The molecule has 5 aromatic rings. The molecule has 368 valence electrons. The van der Waals surface area contributed by atoms with Crippen molar-refractivity contribution in [1.82, 2.24) is 19.6 Å². The number of fused-ring (bicyclic) bond motifs is 1. The van der Waals surface area contributed by atoms with Crippen LogP contribution in [-0.2, 0) is 10.0 Å². The molecule has 4 aliphatic rings. The van der Waals surface area contributed by atoms with Crippen LogP contribution in [0.15, 0.2) is 77.8 Å². The van der Waals surface area contributed by atoms with Crippen molar-refractivity contribution in [3.63, 3.8) is 0 Å². The number of likely N-dealkylation sites (tertiary alicyclic amines) is 1. The zero-order chi connectivity index (χ0) is 48.8. The molecule has 9 rings (SSSR count). The van der Waals surface area contributed by atoms with E-state index in [9.17, 15) is 41.6 Å². The van der Waals surface area contributed by atoms with Crippen LogP contribution < -0.4 is 24.4 Å². The van der Waals surface area contributed by atoms with Crippen molar-refractivity contribution in [3.8, 4) is 17.4 Å². The SMILES string of the molecule is CC(C)c1ccccc1[C@H]1CCC[C@H]1N1CC2(CCN(c3ccc(C(=O)NS(=O)(=O)c4ccc(NC[C@H]5CC[C@](C)(O)CC5)c([N+](=O)[O-])c4)c(Oc4cc5c(F)c[nH]c5nc4OC(F)F)c3)CC2)C1. The summed E-state index contributed by atoms with van der Waals surface area (Å²) in [6.45, 7) is 6.61. The number of anilines is 2. The number of H-pyrrole nitrogens is 1. The van der Waals surface area contributed by atoms with Crippen LogP contribution >= 0.6 is 0 Å². The Morgan fingerprint density at radius 2 is 1.74 bits per heavy atom. The third-order valence-corrected chi connectivity index (χ3v) is 16.2. The number of nitrogens with zero attached hydrogens (tertiary/aromatic N) is 4. The second-order valence-electron chi connectivity index (χ2n) is 20.0. The summed E-state index contributed by atoms with van der Waals surface area (Å²) >= 11 is 0. The molecule has 2 aromatic heterocycles. The number of hydrogen-bond donors (Lipinski definition) is 4. The first-order valence-corrected chi connectivity index (χ1v) is 25.2. The molecule has 2 aliphatic carbocycles. The number of aromatic nitrogens is 2. The number of rotatable bonds is 15. The lowest BCUT2D eigenvalue weighted by atomic mass is 9.70. The third-order valence-electron chi connectivity index (χ3n) is 14.9. The van der Waals surface area contributed by atoms with Gasteiger partial charge in [0, 0.05) is 68.8 Å². The summed E-state index contributed by atoms with van der Waals surface area (Å²) < 4.78 is 82.6. The maximum Gasteiger partial charge on any atom is 0.388 e. The summed E-state index contributed by atoms with van der Waals surface area (Å²) in [6.07, 6.45) is 8.91. The Morgan fingerprint density at radius 3 is 2.45 bits per heavy atom. The summed E-state index contributed by atoms with van der Waals surface area (Å²) in [6, 6.07) is 18.1. The highest BCUT2D eigenvalue weighted by atomic mass is 32.2. The van der Waals surface area contributed by atoms with E-state index >= 15 is 0 Å². The van der Waals surface area contributed by atoms with E-state index in [1.807, 2.05) is 4.72 Å². The van der Waals surface area contributed by atoms with Crippen LogP contribution in [0.2, 0.25) is 0 Å². The Kier molecular flexibility index (Phi) is 13.3. The number of nitrogens with one attached hydrogen (secondary N) is 3. The fraction of sp³-hybridized carbons (Fsp3) is 0.480. The molecule has 0 radical (unpaired) electrons. The van der Waals surface area contributed by atoms with E-state index in [0.717, 1.165) is 50.3 Å². The van der Waals surface area contributed by atoms with Gasteiger partial charge in [0.05, 0.1) is 26.4 Å². The minimum Gasteiger partial charge on any atom is -0.451 e. The Balaban J connectivity index is 0.943. The van der Waals surface area contributed by atoms with Crippen LogP contribution in [0.25, 0.3) is 11.0 Å². The number of carbonyl (C=O) groups excluding carboxylic acids is 1. The quantitative estimate of drug-likeness (QED) is 0.0574. The van der Waals surface area contributed by atoms with Gasteiger partial charge in [-0.25, -0.2) is 17.5 Å². The van der Waals surface area contributed by atoms with Crippen LogP contribution in [0, 0.1) is 27.3 Å². The lowest BCUT2D eigenvalue weighted by Gasteiger charge is -2.57. The summed E-state index contributed by atoms with van der Waals surface area (Å²) in [5.74, 6) is -2.32. The highest BCUT2D eigenvalue weighted by Crippen LogP contribution is 2.49. The highest BCUT2D eigenvalue weighted by molar-refractivity contribution is 7.90. The number of benzene rings is 3.